The Morgan fingerprint density at radius 1 is 1.12 bits per heavy atom. The lowest BCUT2D eigenvalue weighted by Gasteiger charge is -2.34. The second-order valence-corrected chi connectivity index (χ2v) is 5.61. The largest absolute Gasteiger partial charge is 0.497 e. The van der Waals surface area contributed by atoms with Crippen LogP contribution < -0.4 is 9.64 Å². The molecule has 0 radical (unpaired) electrons. The third-order valence-electron chi connectivity index (χ3n) is 4.08. The first kappa shape index (κ1) is 16.1. The number of benzene rings is 1. The molecule has 1 saturated heterocycles. The number of hydrogen-bond donors (Lipinski definition) is 0. The number of aromatic nitrogens is 1. The predicted octanol–water partition coefficient (Wildman–Crippen LogP) is 2.45. The van der Waals surface area contributed by atoms with Crippen molar-refractivity contribution < 1.29 is 9.53 Å². The van der Waals surface area contributed by atoms with Crippen molar-refractivity contribution in [1.29, 1.82) is 0 Å². The molecule has 1 aliphatic heterocycles. The maximum atomic E-state index is 12.3. The summed E-state index contributed by atoms with van der Waals surface area (Å²) in [5.41, 5.74) is 0.954. The second-order valence-electron chi connectivity index (χ2n) is 5.61. The minimum atomic E-state index is 0.0403. The lowest BCUT2D eigenvalue weighted by Crippen LogP contribution is -2.48. The lowest BCUT2D eigenvalue weighted by atomic mass is 10.2. The highest BCUT2D eigenvalue weighted by molar-refractivity contribution is 5.92. The second kappa shape index (κ2) is 7.64. The quantitative estimate of drug-likeness (QED) is 0.811. The van der Waals surface area contributed by atoms with Gasteiger partial charge in [0.05, 0.1) is 7.11 Å². The van der Waals surface area contributed by atoms with Crippen LogP contribution >= 0.6 is 0 Å². The number of pyridine rings is 1. The Morgan fingerprint density at radius 3 is 2.67 bits per heavy atom. The number of piperazine rings is 1. The number of ether oxygens (including phenoxy) is 1. The summed E-state index contributed by atoms with van der Waals surface area (Å²) in [5, 5.41) is 0. The molecule has 0 N–H and O–H groups in total. The molecule has 1 aromatic carbocycles. The highest BCUT2D eigenvalue weighted by Gasteiger charge is 2.20. The Hall–Kier alpha value is -2.82. The fraction of sp³-hybridized carbons (Fsp3) is 0.263. The van der Waals surface area contributed by atoms with E-state index >= 15 is 0 Å². The van der Waals surface area contributed by atoms with E-state index in [1.54, 1.807) is 19.4 Å². The Balaban J connectivity index is 1.56. The van der Waals surface area contributed by atoms with Crippen LogP contribution in [0.4, 0.5) is 5.82 Å². The summed E-state index contributed by atoms with van der Waals surface area (Å²) in [5.74, 6) is 1.79. The number of hydrogen-bond acceptors (Lipinski definition) is 4. The molecular formula is C19H21N3O2. The molecule has 0 saturated carbocycles. The van der Waals surface area contributed by atoms with Gasteiger partial charge in [0.2, 0.25) is 5.91 Å². The number of rotatable bonds is 4. The number of anilines is 1. The zero-order valence-corrected chi connectivity index (χ0v) is 13.8. The first-order valence-corrected chi connectivity index (χ1v) is 8.03. The van der Waals surface area contributed by atoms with Gasteiger partial charge in [-0.25, -0.2) is 4.98 Å². The summed E-state index contributed by atoms with van der Waals surface area (Å²) >= 11 is 0. The Bertz CT molecular complexity index is 708. The number of methoxy groups -OCH3 is 1. The van der Waals surface area contributed by atoms with Gasteiger partial charge in [-0.2, -0.15) is 0 Å². The van der Waals surface area contributed by atoms with E-state index < -0.39 is 0 Å². The zero-order chi connectivity index (χ0) is 16.8. The van der Waals surface area contributed by atoms with Crippen LogP contribution in [0.1, 0.15) is 5.56 Å². The lowest BCUT2D eigenvalue weighted by molar-refractivity contribution is -0.126. The number of nitrogens with zero attached hydrogens (tertiary/aromatic N) is 3. The maximum absolute atomic E-state index is 12.3. The molecule has 0 spiro atoms. The molecule has 0 atom stereocenters. The summed E-state index contributed by atoms with van der Waals surface area (Å²) in [6.45, 7) is 3.02. The topological polar surface area (TPSA) is 45.7 Å². The van der Waals surface area contributed by atoms with Gasteiger partial charge in [0.1, 0.15) is 11.6 Å². The number of amides is 1. The molecule has 2 heterocycles. The molecular weight excluding hydrogens is 302 g/mol. The van der Waals surface area contributed by atoms with Gasteiger partial charge in [-0.1, -0.05) is 18.2 Å². The zero-order valence-electron chi connectivity index (χ0n) is 13.8. The summed E-state index contributed by atoms with van der Waals surface area (Å²) in [7, 11) is 1.63. The van der Waals surface area contributed by atoms with Gasteiger partial charge in [0.25, 0.3) is 0 Å². The van der Waals surface area contributed by atoms with Crippen LogP contribution in [0.25, 0.3) is 6.08 Å². The Kier molecular flexibility index (Phi) is 5.11. The normalized spacial score (nSPS) is 14.9. The molecule has 5 heteroatoms. The van der Waals surface area contributed by atoms with Crippen LogP contribution in [-0.2, 0) is 4.79 Å². The monoisotopic (exact) mass is 323 g/mol. The highest BCUT2D eigenvalue weighted by Crippen LogP contribution is 2.15. The maximum Gasteiger partial charge on any atom is 0.246 e. The summed E-state index contributed by atoms with van der Waals surface area (Å²) in [6.07, 6.45) is 5.25. The van der Waals surface area contributed by atoms with Crippen molar-refractivity contribution in [2.24, 2.45) is 0 Å². The molecule has 1 fully saturated rings. The van der Waals surface area contributed by atoms with Crippen LogP contribution in [-0.4, -0.2) is 49.1 Å². The van der Waals surface area contributed by atoms with E-state index in [-0.39, 0.29) is 5.91 Å². The molecule has 3 rings (SSSR count). The van der Waals surface area contributed by atoms with E-state index in [0.29, 0.717) is 13.1 Å². The number of carbonyl (C=O) groups excluding carboxylic acids is 1. The predicted molar refractivity (Wildman–Crippen MR) is 95.1 cm³/mol. The SMILES string of the molecule is COc1cccc(/C=C/C(=O)N2CCN(c3ccccn3)CC2)c1. The molecule has 1 amide bonds. The summed E-state index contributed by atoms with van der Waals surface area (Å²) < 4.78 is 5.19. The molecule has 2 aromatic rings. The van der Waals surface area contributed by atoms with E-state index in [4.69, 9.17) is 4.74 Å². The number of carbonyl (C=O) groups is 1. The van der Waals surface area contributed by atoms with Gasteiger partial charge in [0, 0.05) is 38.5 Å². The van der Waals surface area contributed by atoms with Crippen LogP contribution in [0.15, 0.2) is 54.7 Å². The first-order valence-electron chi connectivity index (χ1n) is 8.03. The molecule has 0 bridgehead atoms. The van der Waals surface area contributed by atoms with Crippen molar-refractivity contribution in [1.82, 2.24) is 9.88 Å². The van der Waals surface area contributed by atoms with Crippen LogP contribution in [0.2, 0.25) is 0 Å². The van der Waals surface area contributed by atoms with Crippen molar-refractivity contribution >= 4 is 17.8 Å². The summed E-state index contributed by atoms with van der Waals surface area (Å²) in [6, 6.07) is 13.5. The van der Waals surface area contributed by atoms with E-state index in [2.05, 4.69) is 9.88 Å². The van der Waals surface area contributed by atoms with E-state index in [1.807, 2.05) is 53.4 Å². The van der Waals surface area contributed by atoms with Crippen molar-refractivity contribution in [3.05, 3.63) is 60.3 Å². The van der Waals surface area contributed by atoms with Crippen LogP contribution in [0.3, 0.4) is 0 Å². The van der Waals surface area contributed by atoms with Gasteiger partial charge in [-0.3, -0.25) is 4.79 Å². The van der Waals surface area contributed by atoms with Crippen molar-refractivity contribution in [2.45, 2.75) is 0 Å². The van der Waals surface area contributed by atoms with Gasteiger partial charge in [0.15, 0.2) is 0 Å². The van der Waals surface area contributed by atoms with Gasteiger partial charge in [-0.15, -0.1) is 0 Å². The average molecular weight is 323 g/mol. The van der Waals surface area contributed by atoms with Gasteiger partial charge < -0.3 is 14.5 Å². The van der Waals surface area contributed by atoms with E-state index in [0.717, 1.165) is 30.2 Å². The van der Waals surface area contributed by atoms with Crippen molar-refractivity contribution in [3.8, 4) is 5.75 Å². The minimum absolute atomic E-state index is 0.0403. The first-order chi connectivity index (χ1) is 11.8. The van der Waals surface area contributed by atoms with E-state index in [1.165, 1.54) is 0 Å². The molecule has 1 aliphatic rings. The molecule has 5 nitrogen and oxygen atoms in total. The molecule has 0 aliphatic carbocycles. The third kappa shape index (κ3) is 3.93. The fourth-order valence-corrected chi connectivity index (χ4v) is 2.71. The van der Waals surface area contributed by atoms with E-state index in [9.17, 15) is 4.79 Å². The van der Waals surface area contributed by atoms with Crippen LogP contribution in [0, 0.1) is 0 Å². The van der Waals surface area contributed by atoms with Crippen LogP contribution in [0.5, 0.6) is 5.75 Å². The van der Waals surface area contributed by atoms with Crippen molar-refractivity contribution in [3.63, 3.8) is 0 Å². The van der Waals surface area contributed by atoms with Gasteiger partial charge in [-0.05, 0) is 35.9 Å². The Morgan fingerprint density at radius 2 is 1.96 bits per heavy atom. The van der Waals surface area contributed by atoms with Gasteiger partial charge >= 0.3 is 0 Å². The molecule has 124 valence electrons. The summed E-state index contributed by atoms with van der Waals surface area (Å²) in [4.78, 5) is 20.8. The standard InChI is InChI=1S/C19H21N3O2/c1-24-17-6-4-5-16(15-17)8-9-19(23)22-13-11-21(12-14-22)18-7-2-3-10-20-18/h2-10,15H,11-14H2,1H3/b9-8+. The average Bonchev–Trinajstić information content (AvgIpc) is 2.67. The Labute approximate surface area is 142 Å². The van der Waals surface area contributed by atoms with Crippen molar-refractivity contribution in [2.75, 3.05) is 38.2 Å². The fourth-order valence-electron chi connectivity index (χ4n) is 2.71. The highest BCUT2D eigenvalue weighted by atomic mass is 16.5. The molecule has 0 unspecified atom stereocenters. The molecule has 24 heavy (non-hydrogen) atoms. The minimum Gasteiger partial charge on any atom is -0.497 e. The molecule has 1 aromatic heterocycles. The smallest absolute Gasteiger partial charge is 0.246 e. The third-order valence-corrected chi connectivity index (χ3v) is 4.08.